The summed E-state index contributed by atoms with van der Waals surface area (Å²) in [5, 5.41) is 0.549. The Kier molecular flexibility index (Phi) is 6.98. The van der Waals surface area contributed by atoms with Crippen molar-refractivity contribution in [2.75, 3.05) is 6.54 Å². The predicted molar refractivity (Wildman–Crippen MR) is 117 cm³/mol. The van der Waals surface area contributed by atoms with E-state index in [0.717, 1.165) is 19.3 Å². The van der Waals surface area contributed by atoms with Crippen molar-refractivity contribution < 1.29 is 9.18 Å². The third-order valence-corrected chi connectivity index (χ3v) is 5.42. The molecule has 3 aromatic rings. The molecule has 0 aliphatic heterocycles. The molecule has 1 unspecified atom stereocenters. The molecular formula is C24H28FN3O2. The quantitative estimate of drug-likeness (QED) is 0.495. The Balaban J connectivity index is 2.08. The highest BCUT2D eigenvalue weighted by Crippen LogP contribution is 2.24. The lowest BCUT2D eigenvalue weighted by atomic mass is 10.1. The Morgan fingerprint density at radius 1 is 1.10 bits per heavy atom. The van der Waals surface area contributed by atoms with Crippen LogP contribution in [0.15, 0.2) is 53.3 Å². The first-order valence-electron chi connectivity index (χ1n) is 10.5. The van der Waals surface area contributed by atoms with Gasteiger partial charge in [0.05, 0.1) is 22.5 Å². The first-order chi connectivity index (χ1) is 14.5. The van der Waals surface area contributed by atoms with Crippen molar-refractivity contribution in [2.24, 2.45) is 0 Å². The van der Waals surface area contributed by atoms with Gasteiger partial charge in [-0.15, -0.1) is 0 Å². The SMILES string of the molecule is CCCCCN(C(=O)c1ccccc1F)C(C)c1nc2ccccc2c(=O)n1CC. The third kappa shape index (κ3) is 4.27. The summed E-state index contributed by atoms with van der Waals surface area (Å²) in [6, 6.07) is 12.7. The number of amides is 1. The highest BCUT2D eigenvalue weighted by Gasteiger charge is 2.27. The van der Waals surface area contributed by atoms with Crippen molar-refractivity contribution in [1.29, 1.82) is 0 Å². The summed E-state index contributed by atoms with van der Waals surface area (Å²) in [7, 11) is 0. The van der Waals surface area contributed by atoms with E-state index < -0.39 is 11.9 Å². The normalized spacial score (nSPS) is 12.1. The molecule has 1 aromatic heterocycles. The molecule has 0 bridgehead atoms. The number of aromatic nitrogens is 2. The zero-order valence-electron chi connectivity index (χ0n) is 17.8. The third-order valence-electron chi connectivity index (χ3n) is 5.42. The maximum atomic E-state index is 14.4. The monoisotopic (exact) mass is 409 g/mol. The second-order valence-electron chi connectivity index (χ2n) is 7.40. The van der Waals surface area contributed by atoms with Crippen LogP contribution in [0, 0.1) is 5.82 Å². The molecule has 1 amide bonds. The first kappa shape index (κ1) is 21.7. The summed E-state index contributed by atoms with van der Waals surface area (Å²) < 4.78 is 16.0. The molecule has 6 heteroatoms. The molecule has 0 spiro atoms. The second kappa shape index (κ2) is 9.65. The van der Waals surface area contributed by atoms with Gasteiger partial charge < -0.3 is 4.90 Å². The van der Waals surface area contributed by atoms with Crippen molar-refractivity contribution in [3.05, 3.63) is 76.1 Å². The molecule has 0 radical (unpaired) electrons. The van der Waals surface area contributed by atoms with Gasteiger partial charge in [-0.25, -0.2) is 9.37 Å². The minimum absolute atomic E-state index is 0.0343. The van der Waals surface area contributed by atoms with Crippen molar-refractivity contribution in [2.45, 2.75) is 52.6 Å². The number of hydrogen-bond acceptors (Lipinski definition) is 3. The van der Waals surface area contributed by atoms with Crippen LogP contribution in [0.5, 0.6) is 0 Å². The molecule has 2 aromatic carbocycles. The molecule has 0 aliphatic rings. The van der Waals surface area contributed by atoms with E-state index in [1.807, 2.05) is 26.0 Å². The van der Waals surface area contributed by atoms with Crippen LogP contribution in [0.2, 0.25) is 0 Å². The molecule has 0 fully saturated rings. The number of para-hydroxylation sites is 1. The van der Waals surface area contributed by atoms with E-state index in [1.54, 1.807) is 33.7 Å². The molecule has 1 atom stereocenters. The first-order valence-corrected chi connectivity index (χ1v) is 10.5. The summed E-state index contributed by atoms with van der Waals surface area (Å²) in [5.74, 6) is -0.418. The molecular weight excluding hydrogens is 381 g/mol. The van der Waals surface area contributed by atoms with E-state index in [9.17, 15) is 14.0 Å². The Morgan fingerprint density at radius 3 is 2.50 bits per heavy atom. The lowest BCUT2D eigenvalue weighted by Crippen LogP contribution is -2.38. The average molecular weight is 410 g/mol. The number of nitrogens with zero attached hydrogens (tertiary/aromatic N) is 3. The standard InChI is InChI=1S/C24H28FN3O2/c1-4-6-11-16-28(23(29)18-12-7-9-14-20(18)25)17(3)22-26-21-15-10-8-13-19(21)24(30)27(22)5-2/h7-10,12-15,17H,4-6,11,16H2,1-3H3. The molecule has 0 saturated heterocycles. The summed E-state index contributed by atoms with van der Waals surface area (Å²) in [6.45, 7) is 6.73. The smallest absolute Gasteiger partial charge is 0.261 e. The fourth-order valence-electron chi connectivity index (χ4n) is 3.74. The van der Waals surface area contributed by atoms with Gasteiger partial charge in [0.25, 0.3) is 11.5 Å². The number of hydrogen-bond donors (Lipinski definition) is 0. The second-order valence-corrected chi connectivity index (χ2v) is 7.40. The Bertz CT molecular complexity index is 1090. The van der Waals surface area contributed by atoms with E-state index in [4.69, 9.17) is 4.98 Å². The Labute approximate surface area is 176 Å². The number of fused-ring (bicyclic) bond motifs is 1. The van der Waals surface area contributed by atoms with Gasteiger partial charge in [0.15, 0.2) is 0 Å². The highest BCUT2D eigenvalue weighted by molar-refractivity contribution is 5.94. The highest BCUT2D eigenvalue weighted by atomic mass is 19.1. The molecule has 1 heterocycles. The van der Waals surface area contributed by atoms with Gasteiger partial charge in [0, 0.05) is 13.1 Å². The van der Waals surface area contributed by atoms with Gasteiger partial charge >= 0.3 is 0 Å². The largest absolute Gasteiger partial charge is 0.329 e. The molecule has 0 saturated carbocycles. The average Bonchev–Trinajstić information content (AvgIpc) is 2.76. The van der Waals surface area contributed by atoms with Crippen molar-refractivity contribution in [3.8, 4) is 0 Å². The molecule has 158 valence electrons. The molecule has 0 aliphatic carbocycles. The topological polar surface area (TPSA) is 55.2 Å². The minimum Gasteiger partial charge on any atom is -0.329 e. The van der Waals surface area contributed by atoms with Crippen LogP contribution in [0.3, 0.4) is 0 Å². The van der Waals surface area contributed by atoms with Crippen LogP contribution < -0.4 is 5.56 Å². The van der Waals surface area contributed by atoms with Gasteiger partial charge in [-0.2, -0.15) is 0 Å². The lowest BCUT2D eigenvalue weighted by Gasteiger charge is -2.30. The van der Waals surface area contributed by atoms with E-state index in [1.165, 1.54) is 12.1 Å². The summed E-state index contributed by atoms with van der Waals surface area (Å²) >= 11 is 0. The number of carbonyl (C=O) groups excluding carboxylic acids is 1. The van der Waals surface area contributed by atoms with Crippen molar-refractivity contribution in [3.63, 3.8) is 0 Å². The van der Waals surface area contributed by atoms with Crippen molar-refractivity contribution in [1.82, 2.24) is 14.5 Å². The van der Waals surface area contributed by atoms with E-state index in [0.29, 0.717) is 29.8 Å². The van der Waals surface area contributed by atoms with Crippen LogP contribution >= 0.6 is 0 Å². The van der Waals surface area contributed by atoms with Crippen LogP contribution in [0.1, 0.15) is 62.3 Å². The van der Waals surface area contributed by atoms with Crippen LogP contribution in [-0.4, -0.2) is 26.9 Å². The summed E-state index contributed by atoms with van der Waals surface area (Å²) in [6.07, 6.45) is 2.76. The Morgan fingerprint density at radius 2 is 1.80 bits per heavy atom. The van der Waals surface area contributed by atoms with E-state index >= 15 is 0 Å². The van der Waals surface area contributed by atoms with Gasteiger partial charge in [-0.3, -0.25) is 14.2 Å². The maximum absolute atomic E-state index is 14.4. The van der Waals surface area contributed by atoms with Gasteiger partial charge in [-0.1, -0.05) is 44.0 Å². The van der Waals surface area contributed by atoms with Gasteiger partial charge in [-0.05, 0) is 44.5 Å². The zero-order valence-corrected chi connectivity index (χ0v) is 17.8. The fourth-order valence-corrected chi connectivity index (χ4v) is 3.74. The number of unbranched alkanes of at least 4 members (excludes halogenated alkanes) is 2. The number of halogens is 1. The number of rotatable bonds is 8. The van der Waals surface area contributed by atoms with Crippen LogP contribution in [-0.2, 0) is 6.54 Å². The Hall–Kier alpha value is -3.02. The molecule has 30 heavy (non-hydrogen) atoms. The molecule has 5 nitrogen and oxygen atoms in total. The van der Waals surface area contributed by atoms with E-state index in [-0.39, 0.29) is 17.0 Å². The zero-order chi connectivity index (χ0) is 21.7. The predicted octanol–water partition coefficient (Wildman–Crippen LogP) is 4.95. The summed E-state index contributed by atoms with van der Waals surface area (Å²) in [4.78, 5) is 32.7. The van der Waals surface area contributed by atoms with Gasteiger partial charge in [0.2, 0.25) is 0 Å². The minimum atomic E-state index is -0.547. The number of carbonyl (C=O) groups is 1. The van der Waals surface area contributed by atoms with Crippen LogP contribution in [0.25, 0.3) is 10.9 Å². The van der Waals surface area contributed by atoms with Gasteiger partial charge in [0.1, 0.15) is 11.6 Å². The molecule has 3 rings (SSSR count). The van der Waals surface area contributed by atoms with Crippen molar-refractivity contribution >= 4 is 16.8 Å². The molecule has 0 N–H and O–H groups in total. The van der Waals surface area contributed by atoms with E-state index in [2.05, 4.69) is 6.92 Å². The maximum Gasteiger partial charge on any atom is 0.261 e. The van der Waals surface area contributed by atoms with Crippen LogP contribution in [0.4, 0.5) is 4.39 Å². The number of benzene rings is 2. The fraction of sp³-hybridized carbons (Fsp3) is 0.375. The summed E-state index contributed by atoms with van der Waals surface area (Å²) in [5.41, 5.74) is 0.504. The lowest BCUT2D eigenvalue weighted by molar-refractivity contribution is 0.0670.